The molecule has 1 aromatic carbocycles. The maximum atomic E-state index is 14.4. The Labute approximate surface area is 194 Å². The molecule has 0 bridgehead atoms. The molecule has 1 saturated heterocycles. The molecule has 33 heavy (non-hydrogen) atoms. The van der Waals surface area contributed by atoms with Crippen molar-refractivity contribution in [2.45, 2.75) is 38.3 Å². The predicted octanol–water partition coefficient (Wildman–Crippen LogP) is 1.66. The molecule has 1 atom stereocenters. The summed E-state index contributed by atoms with van der Waals surface area (Å²) in [5.41, 5.74) is 0.687. The fourth-order valence-corrected chi connectivity index (χ4v) is 4.70. The number of rotatable bonds is 4. The van der Waals surface area contributed by atoms with Crippen molar-refractivity contribution in [3.05, 3.63) is 45.6 Å². The fraction of sp³-hybridized carbons (Fsp3) is 0.333. The van der Waals surface area contributed by atoms with Crippen LogP contribution in [0.4, 0.5) is 4.39 Å². The molecule has 5 rings (SSSR count). The van der Waals surface area contributed by atoms with Gasteiger partial charge in [-0.2, -0.15) is 4.98 Å². The van der Waals surface area contributed by atoms with Gasteiger partial charge < -0.3 is 9.42 Å². The molecule has 0 spiro atoms. The summed E-state index contributed by atoms with van der Waals surface area (Å²) >= 11 is 3.12. The number of hydrogen-bond donors (Lipinski definition) is 1. The van der Waals surface area contributed by atoms with E-state index in [0.29, 0.717) is 25.0 Å². The van der Waals surface area contributed by atoms with Gasteiger partial charge in [-0.05, 0) is 47.3 Å². The maximum absolute atomic E-state index is 14.4. The zero-order valence-corrected chi connectivity index (χ0v) is 18.7. The SMILES string of the molecule is O=C1CCC(N2C(=O)C3=C(C2=O)N(Cc2nc(-c4cccc(Br)c4F)no2)CCC3)C(=O)N1. The number of benzene rings is 1. The highest BCUT2D eigenvalue weighted by atomic mass is 79.9. The first-order valence-corrected chi connectivity index (χ1v) is 11.1. The van der Waals surface area contributed by atoms with Crippen molar-refractivity contribution in [2.24, 2.45) is 0 Å². The van der Waals surface area contributed by atoms with Gasteiger partial charge in [-0.1, -0.05) is 11.2 Å². The van der Waals surface area contributed by atoms with Crippen molar-refractivity contribution in [1.29, 1.82) is 0 Å². The average molecular weight is 518 g/mol. The number of nitrogens with one attached hydrogen (secondary N) is 1. The number of hydrogen-bond acceptors (Lipinski definition) is 8. The lowest BCUT2D eigenvalue weighted by Gasteiger charge is -2.29. The Bertz CT molecular complexity index is 1240. The molecule has 4 heterocycles. The van der Waals surface area contributed by atoms with Crippen LogP contribution in [-0.2, 0) is 25.7 Å². The largest absolute Gasteiger partial charge is 0.357 e. The van der Waals surface area contributed by atoms with Crippen molar-refractivity contribution < 1.29 is 28.1 Å². The van der Waals surface area contributed by atoms with E-state index < -0.39 is 35.5 Å². The molecule has 10 nitrogen and oxygen atoms in total. The molecule has 2 aromatic rings. The summed E-state index contributed by atoms with van der Waals surface area (Å²) in [6.45, 7) is 0.508. The zero-order chi connectivity index (χ0) is 23.3. The second kappa shape index (κ2) is 8.18. The number of carbonyl (C=O) groups is 4. The molecule has 170 valence electrons. The Morgan fingerprint density at radius 3 is 2.79 bits per heavy atom. The number of piperidine rings is 1. The van der Waals surface area contributed by atoms with Gasteiger partial charge in [-0.15, -0.1) is 0 Å². The summed E-state index contributed by atoms with van der Waals surface area (Å²) in [7, 11) is 0. The lowest BCUT2D eigenvalue weighted by Crippen LogP contribution is -2.55. The number of imide groups is 2. The first kappa shape index (κ1) is 21.4. The Morgan fingerprint density at radius 2 is 2.00 bits per heavy atom. The Balaban J connectivity index is 1.39. The van der Waals surface area contributed by atoms with Crippen LogP contribution in [0.25, 0.3) is 11.4 Å². The summed E-state index contributed by atoms with van der Waals surface area (Å²) in [4.78, 5) is 56.8. The van der Waals surface area contributed by atoms with Crippen LogP contribution in [0.3, 0.4) is 0 Å². The molecule has 1 unspecified atom stereocenters. The van der Waals surface area contributed by atoms with Crippen molar-refractivity contribution in [3.63, 3.8) is 0 Å². The highest BCUT2D eigenvalue weighted by Crippen LogP contribution is 2.35. The topological polar surface area (TPSA) is 126 Å². The number of halogens is 2. The average Bonchev–Trinajstić information content (AvgIpc) is 3.34. The van der Waals surface area contributed by atoms with Crippen molar-refractivity contribution in [3.8, 4) is 11.4 Å². The first-order valence-electron chi connectivity index (χ1n) is 10.3. The predicted molar refractivity (Wildman–Crippen MR) is 112 cm³/mol. The summed E-state index contributed by atoms with van der Waals surface area (Å²) in [6.07, 6.45) is 1.16. The molecule has 4 amide bonds. The minimum absolute atomic E-state index is 0.0453. The van der Waals surface area contributed by atoms with E-state index in [1.807, 2.05) is 0 Å². The number of nitrogens with zero attached hydrogens (tertiary/aromatic N) is 4. The van der Waals surface area contributed by atoms with Gasteiger partial charge in [0.1, 0.15) is 17.6 Å². The lowest BCUT2D eigenvalue weighted by atomic mass is 10.0. The van der Waals surface area contributed by atoms with Crippen LogP contribution < -0.4 is 5.32 Å². The molecular weight excluding hydrogens is 501 g/mol. The Hall–Kier alpha value is -3.41. The Morgan fingerprint density at radius 1 is 1.18 bits per heavy atom. The summed E-state index contributed by atoms with van der Waals surface area (Å²) in [5.74, 6) is -2.49. The highest BCUT2D eigenvalue weighted by molar-refractivity contribution is 9.10. The first-order chi connectivity index (χ1) is 15.8. The van der Waals surface area contributed by atoms with Gasteiger partial charge >= 0.3 is 0 Å². The smallest absolute Gasteiger partial charge is 0.278 e. The van der Waals surface area contributed by atoms with E-state index in [2.05, 4.69) is 31.4 Å². The van der Waals surface area contributed by atoms with Crippen LogP contribution in [0, 0.1) is 5.82 Å². The molecule has 1 aromatic heterocycles. The van der Waals surface area contributed by atoms with Gasteiger partial charge in [0.2, 0.25) is 23.5 Å². The van der Waals surface area contributed by atoms with Crippen LogP contribution in [0.2, 0.25) is 0 Å². The lowest BCUT2D eigenvalue weighted by molar-refractivity contribution is -0.150. The van der Waals surface area contributed by atoms with Gasteiger partial charge in [0.05, 0.1) is 16.6 Å². The van der Waals surface area contributed by atoms with E-state index in [1.54, 1.807) is 17.0 Å². The van der Waals surface area contributed by atoms with Crippen LogP contribution in [-0.4, -0.2) is 56.2 Å². The maximum Gasteiger partial charge on any atom is 0.278 e. The van der Waals surface area contributed by atoms with Crippen LogP contribution >= 0.6 is 15.9 Å². The second-order valence-electron chi connectivity index (χ2n) is 7.91. The molecular formula is C21H17BrFN5O5. The van der Waals surface area contributed by atoms with Crippen molar-refractivity contribution >= 4 is 39.6 Å². The van der Waals surface area contributed by atoms with Crippen LogP contribution in [0.5, 0.6) is 0 Å². The van der Waals surface area contributed by atoms with E-state index in [9.17, 15) is 23.6 Å². The van der Waals surface area contributed by atoms with Crippen LogP contribution in [0.1, 0.15) is 31.6 Å². The zero-order valence-electron chi connectivity index (χ0n) is 17.1. The van der Waals surface area contributed by atoms with Gasteiger partial charge in [0.15, 0.2) is 0 Å². The van der Waals surface area contributed by atoms with Crippen molar-refractivity contribution in [2.75, 3.05) is 6.54 Å². The molecule has 3 aliphatic rings. The molecule has 1 fully saturated rings. The number of amides is 4. The normalized spacial score (nSPS) is 21.1. The number of aromatic nitrogens is 2. The third-order valence-corrected chi connectivity index (χ3v) is 6.48. The van der Waals surface area contributed by atoms with E-state index in [4.69, 9.17) is 4.52 Å². The van der Waals surface area contributed by atoms with Crippen LogP contribution in [0.15, 0.2) is 38.5 Å². The van der Waals surface area contributed by atoms with E-state index in [-0.39, 0.29) is 46.8 Å². The molecule has 0 aliphatic carbocycles. The van der Waals surface area contributed by atoms with E-state index in [0.717, 1.165) is 4.90 Å². The minimum Gasteiger partial charge on any atom is -0.357 e. The summed E-state index contributed by atoms with van der Waals surface area (Å²) in [5, 5.41) is 6.03. The molecule has 12 heteroatoms. The van der Waals surface area contributed by atoms with Gasteiger partial charge in [-0.25, -0.2) is 4.39 Å². The van der Waals surface area contributed by atoms with Gasteiger partial charge in [-0.3, -0.25) is 29.4 Å². The van der Waals surface area contributed by atoms with E-state index in [1.165, 1.54) is 6.07 Å². The third-order valence-electron chi connectivity index (χ3n) is 5.86. The second-order valence-corrected chi connectivity index (χ2v) is 8.77. The Kier molecular flexibility index (Phi) is 5.31. The fourth-order valence-electron chi connectivity index (χ4n) is 4.33. The summed E-state index contributed by atoms with van der Waals surface area (Å²) < 4.78 is 19.9. The monoisotopic (exact) mass is 517 g/mol. The van der Waals surface area contributed by atoms with Gasteiger partial charge in [0, 0.05) is 18.5 Å². The molecule has 0 radical (unpaired) electrons. The quantitative estimate of drug-likeness (QED) is 0.606. The third kappa shape index (κ3) is 3.63. The summed E-state index contributed by atoms with van der Waals surface area (Å²) in [6, 6.07) is 3.70. The molecule has 1 N–H and O–H groups in total. The highest BCUT2D eigenvalue weighted by Gasteiger charge is 2.48. The van der Waals surface area contributed by atoms with Crippen molar-refractivity contribution in [1.82, 2.24) is 25.3 Å². The standard InChI is InChI=1S/C21H17BrFN5O5/c22-12-5-1-3-10(16(12)23)18-25-15(33-26-18)9-27-8-2-4-11-17(27)21(32)28(20(11)31)13-6-7-14(29)24-19(13)30/h1,3,5,13H,2,4,6-9H2,(H,24,29,30). The number of carbonyl (C=O) groups excluding carboxylic acids is 4. The molecule has 0 saturated carbocycles. The molecule has 3 aliphatic heterocycles. The van der Waals surface area contributed by atoms with Gasteiger partial charge in [0.25, 0.3) is 11.8 Å². The van der Waals surface area contributed by atoms with E-state index >= 15 is 0 Å². The minimum atomic E-state index is -1.02.